The fourth-order valence-corrected chi connectivity index (χ4v) is 3.74. The molecule has 0 saturated carbocycles. The highest BCUT2D eigenvalue weighted by atomic mass is 35.5. The van der Waals surface area contributed by atoms with Gasteiger partial charge in [-0.1, -0.05) is 11.6 Å². The van der Waals surface area contributed by atoms with Crippen molar-refractivity contribution in [3.05, 3.63) is 64.2 Å². The monoisotopic (exact) mass is 466 g/mol. The highest BCUT2D eigenvalue weighted by Gasteiger charge is 2.31. The van der Waals surface area contributed by atoms with Crippen LogP contribution in [0.15, 0.2) is 42.5 Å². The van der Waals surface area contributed by atoms with Crippen molar-refractivity contribution in [2.75, 3.05) is 33.0 Å². The molecular weight excluding hydrogens is 449 g/mol. The third kappa shape index (κ3) is 4.67. The van der Waals surface area contributed by atoms with E-state index in [-0.39, 0.29) is 37.3 Å². The number of benzene rings is 2. The molecule has 0 aromatic heterocycles. The normalized spacial score (nSPS) is 16.0. The van der Waals surface area contributed by atoms with E-state index in [0.29, 0.717) is 35.2 Å². The average Bonchev–Trinajstić information content (AvgIpc) is 3.26. The van der Waals surface area contributed by atoms with E-state index < -0.39 is 11.7 Å². The molecule has 0 spiro atoms. The maximum absolute atomic E-state index is 12.7. The van der Waals surface area contributed by atoms with Crippen LogP contribution in [0.4, 0.5) is 13.2 Å². The summed E-state index contributed by atoms with van der Waals surface area (Å²) >= 11 is 6.14. The second kappa shape index (κ2) is 8.74. The lowest BCUT2D eigenvalue weighted by atomic mass is 10.1. The third-order valence-corrected chi connectivity index (χ3v) is 5.49. The Hall–Kier alpha value is -3.20. The van der Waals surface area contributed by atoms with Gasteiger partial charge in [0.2, 0.25) is 12.7 Å². The smallest absolute Gasteiger partial charge is 0.416 e. The van der Waals surface area contributed by atoms with Crippen LogP contribution in [0.25, 0.3) is 6.08 Å². The van der Waals surface area contributed by atoms with Gasteiger partial charge in [-0.25, -0.2) is 0 Å². The number of nitrogens with zero attached hydrogens (tertiary/aromatic N) is 2. The predicted molar refractivity (Wildman–Crippen MR) is 111 cm³/mol. The average molecular weight is 467 g/mol. The van der Waals surface area contributed by atoms with Crippen LogP contribution in [-0.4, -0.2) is 54.6 Å². The zero-order chi connectivity index (χ0) is 22.9. The van der Waals surface area contributed by atoms with Gasteiger partial charge >= 0.3 is 6.18 Å². The second-order valence-corrected chi connectivity index (χ2v) is 7.67. The molecule has 6 nitrogen and oxygen atoms in total. The topological polar surface area (TPSA) is 59.1 Å². The molecular formula is C22H18ClF3N2O4. The number of ether oxygens (including phenoxy) is 2. The van der Waals surface area contributed by atoms with E-state index in [0.717, 1.165) is 12.1 Å². The van der Waals surface area contributed by atoms with Crippen molar-refractivity contribution in [3.63, 3.8) is 0 Å². The number of amides is 2. The molecule has 0 aliphatic carbocycles. The first-order valence-electron chi connectivity index (χ1n) is 9.75. The summed E-state index contributed by atoms with van der Waals surface area (Å²) < 4.78 is 48.6. The van der Waals surface area contributed by atoms with Crippen molar-refractivity contribution in [2.24, 2.45) is 0 Å². The molecule has 4 rings (SSSR count). The summed E-state index contributed by atoms with van der Waals surface area (Å²) in [7, 11) is 0. The minimum atomic E-state index is -4.45. The molecule has 0 unspecified atom stereocenters. The van der Waals surface area contributed by atoms with Crippen molar-refractivity contribution >= 4 is 29.5 Å². The summed E-state index contributed by atoms with van der Waals surface area (Å²) in [5, 5.41) is 0.391. The molecule has 168 valence electrons. The lowest BCUT2D eigenvalue weighted by molar-refractivity contribution is -0.137. The Morgan fingerprint density at radius 3 is 2.28 bits per heavy atom. The van der Waals surface area contributed by atoms with Gasteiger partial charge in [0.1, 0.15) is 0 Å². The summed E-state index contributed by atoms with van der Waals surface area (Å²) in [4.78, 5) is 28.2. The molecule has 32 heavy (non-hydrogen) atoms. The first-order valence-corrected chi connectivity index (χ1v) is 10.1. The van der Waals surface area contributed by atoms with Crippen LogP contribution in [0.2, 0.25) is 5.02 Å². The van der Waals surface area contributed by atoms with E-state index in [1.54, 1.807) is 23.1 Å². The molecule has 2 heterocycles. The van der Waals surface area contributed by atoms with Crippen molar-refractivity contribution in [1.82, 2.24) is 9.80 Å². The van der Waals surface area contributed by atoms with Gasteiger partial charge in [-0.15, -0.1) is 0 Å². The number of alkyl halides is 3. The number of piperazine rings is 1. The quantitative estimate of drug-likeness (QED) is 0.639. The molecule has 1 fully saturated rings. The summed E-state index contributed by atoms with van der Waals surface area (Å²) in [5.74, 6) is 0.403. The van der Waals surface area contributed by atoms with E-state index in [1.165, 1.54) is 23.1 Å². The van der Waals surface area contributed by atoms with Gasteiger partial charge in [-0.3, -0.25) is 9.59 Å². The minimum Gasteiger partial charge on any atom is -0.454 e. The second-order valence-electron chi connectivity index (χ2n) is 7.26. The zero-order valence-corrected chi connectivity index (χ0v) is 17.4. The molecule has 1 saturated heterocycles. The Kier molecular flexibility index (Phi) is 6.01. The number of hydrogen-bond acceptors (Lipinski definition) is 4. The molecule has 0 atom stereocenters. The Balaban J connectivity index is 1.33. The molecule has 0 bridgehead atoms. The maximum Gasteiger partial charge on any atom is 0.416 e. The van der Waals surface area contributed by atoms with E-state index in [2.05, 4.69) is 0 Å². The Labute approximate surface area is 186 Å². The number of carbonyl (C=O) groups excluding carboxylic acids is 2. The van der Waals surface area contributed by atoms with E-state index >= 15 is 0 Å². The van der Waals surface area contributed by atoms with Crippen LogP contribution in [0, 0.1) is 0 Å². The van der Waals surface area contributed by atoms with E-state index in [9.17, 15) is 22.8 Å². The number of carbonyl (C=O) groups is 2. The highest BCUT2D eigenvalue weighted by molar-refractivity contribution is 6.32. The zero-order valence-electron chi connectivity index (χ0n) is 16.7. The lowest BCUT2D eigenvalue weighted by Crippen LogP contribution is -2.50. The van der Waals surface area contributed by atoms with Crippen LogP contribution >= 0.6 is 11.6 Å². The van der Waals surface area contributed by atoms with Crippen LogP contribution in [0.3, 0.4) is 0 Å². The van der Waals surface area contributed by atoms with Crippen LogP contribution in [0.5, 0.6) is 11.5 Å². The van der Waals surface area contributed by atoms with Crippen molar-refractivity contribution in [3.8, 4) is 11.5 Å². The molecule has 0 radical (unpaired) electrons. The molecule has 2 aliphatic rings. The lowest BCUT2D eigenvalue weighted by Gasteiger charge is -2.34. The molecule has 2 aromatic rings. The SMILES string of the molecule is O=C(/C=C/c1cc(Cl)c2c(c1)OCO2)N1CCN(C(=O)c2ccc(C(F)(F)F)cc2)CC1. The van der Waals surface area contributed by atoms with Crippen LogP contribution in [-0.2, 0) is 11.0 Å². The Morgan fingerprint density at radius 2 is 1.62 bits per heavy atom. The Bertz CT molecular complexity index is 1060. The van der Waals surface area contributed by atoms with Gasteiger partial charge in [-0.05, 0) is 48.0 Å². The molecule has 2 amide bonds. The molecule has 0 N–H and O–H groups in total. The fourth-order valence-electron chi connectivity index (χ4n) is 3.47. The fraction of sp³-hybridized carbons (Fsp3) is 0.273. The van der Waals surface area contributed by atoms with Gasteiger partial charge in [0.25, 0.3) is 5.91 Å². The van der Waals surface area contributed by atoms with Gasteiger partial charge < -0.3 is 19.3 Å². The summed E-state index contributed by atoms with van der Waals surface area (Å²) in [6.45, 7) is 1.30. The summed E-state index contributed by atoms with van der Waals surface area (Å²) in [6.07, 6.45) is -1.41. The highest BCUT2D eigenvalue weighted by Crippen LogP contribution is 2.40. The first kappa shape index (κ1) is 22.0. The summed E-state index contributed by atoms with van der Waals surface area (Å²) in [5.41, 5.74) is 0.0566. The van der Waals surface area contributed by atoms with Gasteiger partial charge in [0.15, 0.2) is 11.5 Å². The predicted octanol–water partition coefficient (Wildman–Crippen LogP) is 4.09. The molecule has 2 aromatic carbocycles. The van der Waals surface area contributed by atoms with Crippen LogP contribution in [0.1, 0.15) is 21.5 Å². The van der Waals surface area contributed by atoms with Crippen molar-refractivity contribution < 1.29 is 32.2 Å². The standard InChI is InChI=1S/C22H18ClF3N2O4/c23-17-11-14(12-18-20(17)32-13-31-18)1-6-19(29)27-7-9-28(10-8-27)21(30)15-2-4-16(5-3-15)22(24,25)26/h1-6,11-12H,7-10,13H2/b6-1+. The molecule has 2 aliphatic heterocycles. The van der Waals surface area contributed by atoms with Crippen molar-refractivity contribution in [2.45, 2.75) is 6.18 Å². The number of rotatable bonds is 3. The Morgan fingerprint density at radius 1 is 0.969 bits per heavy atom. The molecule has 10 heteroatoms. The number of hydrogen-bond donors (Lipinski definition) is 0. The van der Waals surface area contributed by atoms with Gasteiger partial charge in [-0.2, -0.15) is 13.2 Å². The van der Waals surface area contributed by atoms with Gasteiger partial charge in [0, 0.05) is 37.8 Å². The van der Waals surface area contributed by atoms with Crippen LogP contribution < -0.4 is 9.47 Å². The largest absolute Gasteiger partial charge is 0.454 e. The third-order valence-electron chi connectivity index (χ3n) is 5.21. The van der Waals surface area contributed by atoms with E-state index in [4.69, 9.17) is 21.1 Å². The van der Waals surface area contributed by atoms with Gasteiger partial charge in [0.05, 0.1) is 10.6 Å². The van der Waals surface area contributed by atoms with E-state index in [1.807, 2.05) is 0 Å². The number of fused-ring (bicyclic) bond motifs is 1. The number of halogens is 4. The van der Waals surface area contributed by atoms with Crippen molar-refractivity contribution in [1.29, 1.82) is 0 Å². The summed E-state index contributed by atoms with van der Waals surface area (Å²) in [6, 6.07) is 7.50. The maximum atomic E-state index is 12.7. The first-order chi connectivity index (χ1) is 15.2. The minimum absolute atomic E-state index is 0.0939.